The van der Waals surface area contributed by atoms with E-state index in [2.05, 4.69) is 31.4 Å². The Kier molecular flexibility index (Phi) is 6.48. The van der Waals surface area contributed by atoms with Gasteiger partial charge in [-0.25, -0.2) is 9.37 Å². The summed E-state index contributed by atoms with van der Waals surface area (Å²) < 4.78 is 57.5. The topological polar surface area (TPSA) is 46.5 Å². The monoisotopic (exact) mass is 467 g/mol. The Morgan fingerprint density at radius 3 is 2.62 bits per heavy atom. The Bertz CT molecular complexity index is 1010. The Morgan fingerprint density at radius 1 is 1.10 bits per heavy atom. The number of hydrazone groups is 1. The number of hydrogen-bond donors (Lipinski definition) is 1. The average Bonchev–Trinajstić information content (AvgIpc) is 2.67. The standard InChI is InChI=1S/C20H14BrF4N3O/c21-16-5-6-18(29-12-13-2-1-3-17(22)8-13)14(9-16)10-27-28-19-7-4-15(11-26-19)20(23,24)25/h1-11H,12H2,(H,26,28)/b27-10-. The predicted molar refractivity (Wildman–Crippen MR) is 105 cm³/mol. The van der Waals surface area contributed by atoms with Crippen molar-refractivity contribution < 1.29 is 22.3 Å². The van der Waals surface area contributed by atoms with E-state index < -0.39 is 11.7 Å². The summed E-state index contributed by atoms with van der Waals surface area (Å²) in [6.07, 6.45) is -2.27. The molecule has 0 bridgehead atoms. The highest BCUT2D eigenvalue weighted by atomic mass is 79.9. The first-order valence-electron chi connectivity index (χ1n) is 8.30. The van der Waals surface area contributed by atoms with Crippen molar-refractivity contribution in [2.24, 2.45) is 5.10 Å². The lowest BCUT2D eigenvalue weighted by atomic mass is 10.2. The van der Waals surface area contributed by atoms with Crippen molar-refractivity contribution in [1.82, 2.24) is 4.98 Å². The van der Waals surface area contributed by atoms with Gasteiger partial charge >= 0.3 is 6.18 Å². The fraction of sp³-hybridized carbons (Fsp3) is 0.100. The lowest BCUT2D eigenvalue weighted by Gasteiger charge is -2.10. The molecule has 0 unspecified atom stereocenters. The number of ether oxygens (including phenoxy) is 1. The highest BCUT2D eigenvalue weighted by Crippen LogP contribution is 2.29. The van der Waals surface area contributed by atoms with Gasteiger partial charge in [-0.15, -0.1) is 0 Å². The molecule has 150 valence electrons. The molecule has 0 radical (unpaired) electrons. The number of anilines is 1. The van der Waals surface area contributed by atoms with E-state index in [0.717, 1.165) is 16.7 Å². The Labute approximate surface area is 172 Å². The predicted octanol–water partition coefficient (Wildman–Crippen LogP) is 6.03. The molecule has 0 aliphatic carbocycles. The molecule has 1 N–H and O–H groups in total. The molecule has 0 aliphatic heterocycles. The molecule has 0 amide bonds. The van der Waals surface area contributed by atoms with E-state index in [1.54, 1.807) is 30.3 Å². The van der Waals surface area contributed by atoms with Gasteiger partial charge in [-0.3, -0.25) is 5.43 Å². The summed E-state index contributed by atoms with van der Waals surface area (Å²) in [5.74, 6) is 0.312. The zero-order chi connectivity index (χ0) is 20.9. The van der Waals surface area contributed by atoms with Gasteiger partial charge < -0.3 is 4.74 Å². The van der Waals surface area contributed by atoms with Crippen molar-refractivity contribution in [3.63, 3.8) is 0 Å². The molecule has 0 atom stereocenters. The lowest BCUT2D eigenvalue weighted by molar-refractivity contribution is -0.137. The number of halogens is 5. The Morgan fingerprint density at radius 2 is 1.93 bits per heavy atom. The van der Waals surface area contributed by atoms with Crippen molar-refractivity contribution >= 4 is 28.0 Å². The minimum Gasteiger partial charge on any atom is -0.488 e. The second-order valence-corrected chi connectivity index (χ2v) is 6.82. The van der Waals surface area contributed by atoms with Crippen LogP contribution in [-0.4, -0.2) is 11.2 Å². The average molecular weight is 468 g/mol. The van der Waals surface area contributed by atoms with E-state index in [1.165, 1.54) is 24.4 Å². The molecular formula is C20H14BrF4N3O. The number of hydrogen-bond acceptors (Lipinski definition) is 4. The molecule has 29 heavy (non-hydrogen) atoms. The largest absolute Gasteiger partial charge is 0.488 e. The maximum absolute atomic E-state index is 13.3. The zero-order valence-electron chi connectivity index (χ0n) is 14.8. The summed E-state index contributed by atoms with van der Waals surface area (Å²) in [5.41, 5.74) is 3.01. The van der Waals surface area contributed by atoms with Crippen LogP contribution in [-0.2, 0) is 12.8 Å². The molecule has 9 heteroatoms. The zero-order valence-corrected chi connectivity index (χ0v) is 16.3. The van der Waals surface area contributed by atoms with Crippen LogP contribution in [0.25, 0.3) is 0 Å². The van der Waals surface area contributed by atoms with Crippen molar-refractivity contribution in [3.05, 3.63) is 87.8 Å². The Balaban J connectivity index is 1.69. The van der Waals surface area contributed by atoms with Crippen LogP contribution in [0, 0.1) is 5.82 Å². The number of nitrogens with one attached hydrogen (secondary N) is 1. The molecule has 3 aromatic rings. The fourth-order valence-electron chi connectivity index (χ4n) is 2.34. The first-order valence-corrected chi connectivity index (χ1v) is 9.10. The molecular weight excluding hydrogens is 454 g/mol. The van der Waals surface area contributed by atoms with E-state index in [-0.39, 0.29) is 18.2 Å². The van der Waals surface area contributed by atoms with Gasteiger partial charge in [-0.1, -0.05) is 28.1 Å². The second kappa shape index (κ2) is 9.04. The van der Waals surface area contributed by atoms with Crippen molar-refractivity contribution in [2.45, 2.75) is 12.8 Å². The summed E-state index contributed by atoms with van der Waals surface area (Å²) >= 11 is 3.36. The number of alkyl halides is 3. The molecule has 0 spiro atoms. The fourth-order valence-corrected chi connectivity index (χ4v) is 2.71. The van der Waals surface area contributed by atoms with Gasteiger partial charge in [0.1, 0.15) is 24.0 Å². The summed E-state index contributed by atoms with van der Waals surface area (Å²) in [4.78, 5) is 3.68. The van der Waals surface area contributed by atoms with Gasteiger partial charge in [-0.2, -0.15) is 18.3 Å². The summed E-state index contributed by atoms with van der Waals surface area (Å²) in [6, 6.07) is 13.4. The van der Waals surface area contributed by atoms with Gasteiger partial charge in [-0.05, 0) is 48.0 Å². The molecule has 2 aromatic carbocycles. The van der Waals surface area contributed by atoms with Crippen LogP contribution in [0.3, 0.4) is 0 Å². The SMILES string of the molecule is Fc1cccc(COc2ccc(Br)cc2/C=N\Nc2ccc(C(F)(F)F)cn2)c1. The molecule has 0 saturated carbocycles. The van der Waals surface area contributed by atoms with E-state index >= 15 is 0 Å². The normalized spacial score (nSPS) is 11.6. The quantitative estimate of drug-likeness (QED) is 0.273. The summed E-state index contributed by atoms with van der Waals surface area (Å²) in [6.45, 7) is 0.161. The van der Waals surface area contributed by atoms with Crippen LogP contribution in [0.1, 0.15) is 16.7 Å². The molecule has 4 nitrogen and oxygen atoms in total. The first-order chi connectivity index (χ1) is 13.8. The smallest absolute Gasteiger partial charge is 0.417 e. The minimum atomic E-state index is -4.45. The van der Waals surface area contributed by atoms with Crippen LogP contribution in [0.4, 0.5) is 23.4 Å². The van der Waals surface area contributed by atoms with Crippen LogP contribution in [0.15, 0.2) is 70.4 Å². The van der Waals surface area contributed by atoms with E-state index in [1.807, 2.05) is 0 Å². The lowest BCUT2D eigenvalue weighted by Crippen LogP contribution is -2.05. The van der Waals surface area contributed by atoms with Crippen LogP contribution >= 0.6 is 15.9 Å². The minimum absolute atomic E-state index is 0.159. The first kappa shape index (κ1) is 20.8. The number of rotatable bonds is 6. The van der Waals surface area contributed by atoms with Gasteiger partial charge in [0.2, 0.25) is 0 Å². The molecule has 0 aliphatic rings. The van der Waals surface area contributed by atoms with Crippen molar-refractivity contribution in [3.8, 4) is 5.75 Å². The van der Waals surface area contributed by atoms with E-state index in [9.17, 15) is 17.6 Å². The number of pyridine rings is 1. The van der Waals surface area contributed by atoms with Crippen LogP contribution in [0.2, 0.25) is 0 Å². The molecule has 3 rings (SSSR count). The summed E-state index contributed by atoms with van der Waals surface area (Å²) in [7, 11) is 0. The highest BCUT2D eigenvalue weighted by Gasteiger charge is 2.30. The van der Waals surface area contributed by atoms with E-state index in [0.29, 0.717) is 16.9 Å². The van der Waals surface area contributed by atoms with Crippen LogP contribution in [0.5, 0.6) is 5.75 Å². The maximum atomic E-state index is 13.3. The van der Waals surface area contributed by atoms with Gasteiger partial charge in [0.05, 0.1) is 11.8 Å². The summed E-state index contributed by atoms with van der Waals surface area (Å²) in [5, 5.41) is 3.99. The van der Waals surface area contributed by atoms with E-state index in [4.69, 9.17) is 4.74 Å². The molecule has 0 saturated heterocycles. The van der Waals surface area contributed by atoms with Gasteiger partial charge in [0, 0.05) is 16.2 Å². The number of aromatic nitrogens is 1. The number of nitrogens with zero attached hydrogens (tertiary/aromatic N) is 2. The van der Waals surface area contributed by atoms with Crippen LogP contribution < -0.4 is 10.2 Å². The second-order valence-electron chi connectivity index (χ2n) is 5.90. The Hall–Kier alpha value is -2.94. The maximum Gasteiger partial charge on any atom is 0.417 e. The molecule has 1 aromatic heterocycles. The number of benzene rings is 2. The van der Waals surface area contributed by atoms with Crippen molar-refractivity contribution in [2.75, 3.05) is 5.43 Å². The molecule has 0 fully saturated rings. The molecule has 1 heterocycles. The van der Waals surface area contributed by atoms with Crippen molar-refractivity contribution in [1.29, 1.82) is 0 Å². The third-order valence-corrected chi connectivity index (χ3v) is 4.22. The van der Waals surface area contributed by atoms with Gasteiger partial charge in [0.25, 0.3) is 0 Å². The highest BCUT2D eigenvalue weighted by molar-refractivity contribution is 9.10. The van der Waals surface area contributed by atoms with Gasteiger partial charge in [0.15, 0.2) is 0 Å². The third kappa shape index (κ3) is 6.02. The third-order valence-electron chi connectivity index (χ3n) is 3.73.